The third-order valence-corrected chi connectivity index (χ3v) is 7.48. The van der Waals surface area contributed by atoms with Gasteiger partial charge in [0.25, 0.3) is 0 Å². The fourth-order valence-electron chi connectivity index (χ4n) is 4.49. The average Bonchev–Trinajstić information content (AvgIpc) is 2.71. The number of fused-ring (bicyclic) bond motifs is 1. The van der Waals surface area contributed by atoms with E-state index in [0.717, 1.165) is 51.4 Å². The first-order chi connectivity index (χ1) is 13.5. The van der Waals surface area contributed by atoms with Crippen molar-refractivity contribution in [3.8, 4) is 0 Å². The van der Waals surface area contributed by atoms with Gasteiger partial charge in [-0.15, -0.1) is 0 Å². The molecule has 2 aliphatic carbocycles. The van der Waals surface area contributed by atoms with Crippen LogP contribution in [0.25, 0.3) is 0 Å². The molecule has 1 heterocycles. The van der Waals surface area contributed by atoms with Crippen LogP contribution in [0.1, 0.15) is 72.1 Å². The van der Waals surface area contributed by atoms with Crippen molar-refractivity contribution < 1.29 is 18.0 Å². The molecule has 0 amide bonds. The molecule has 6 nitrogen and oxygen atoms in total. The van der Waals surface area contributed by atoms with E-state index >= 15 is 0 Å². The quantitative estimate of drug-likeness (QED) is 0.837. The van der Waals surface area contributed by atoms with Gasteiger partial charge in [-0.25, -0.2) is 13.1 Å². The highest BCUT2D eigenvalue weighted by molar-refractivity contribution is 7.94. The minimum Gasteiger partial charge on any atom is -0.367 e. The zero-order chi connectivity index (χ0) is 19.7. The Balaban J connectivity index is 1.80. The Morgan fingerprint density at radius 1 is 0.821 bits per heavy atom. The minimum atomic E-state index is -4.09. The maximum absolute atomic E-state index is 13.3. The SMILES string of the molecule is O=C1C(N2CCCCC2)=C(S(=O)(=O)NC2CCCCC2)C(=O)c2ccccc21. The zero-order valence-corrected chi connectivity index (χ0v) is 16.8. The molecule has 1 aromatic carbocycles. The van der Waals surface area contributed by atoms with Crippen LogP contribution in [0.15, 0.2) is 34.9 Å². The normalized spacial score (nSPS) is 21.8. The van der Waals surface area contributed by atoms with Gasteiger partial charge in [-0.1, -0.05) is 43.5 Å². The number of carbonyl (C=O) groups excluding carboxylic acids is 2. The van der Waals surface area contributed by atoms with E-state index in [4.69, 9.17) is 0 Å². The van der Waals surface area contributed by atoms with Crippen molar-refractivity contribution in [1.82, 2.24) is 9.62 Å². The molecule has 1 saturated heterocycles. The Labute approximate surface area is 166 Å². The number of nitrogens with one attached hydrogen (secondary N) is 1. The summed E-state index contributed by atoms with van der Waals surface area (Å²) in [5.74, 6) is -0.930. The lowest BCUT2D eigenvalue weighted by Crippen LogP contribution is -2.44. The smallest absolute Gasteiger partial charge is 0.246 e. The summed E-state index contributed by atoms with van der Waals surface area (Å²) in [5.41, 5.74) is 0.536. The van der Waals surface area contributed by atoms with Gasteiger partial charge in [-0.05, 0) is 32.1 Å². The van der Waals surface area contributed by atoms with Gasteiger partial charge in [-0.2, -0.15) is 0 Å². The van der Waals surface area contributed by atoms with E-state index in [0.29, 0.717) is 18.7 Å². The molecule has 0 atom stereocenters. The number of hydrogen-bond acceptors (Lipinski definition) is 5. The number of Topliss-reactive ketones (excluding diaryl/α,β-unsaturated/α-hetero) is 2. The van der Waals surface area contributed by atoms with E-state index in [1.807, 2.05) is 0 Å². The Hall–Kier alpha value is -1.99. The predicted octanol–water partition coefficient (Wildman–Crippen LogP) is 3.02. The van der Waals surface area contributed by atoms with Crippen LogP contribution in [0.2, 0.25) is 0 Å². The van der Waals surface area contributed by atoms with Gasteiger partial charge in [0, 0.05) is 30.3 Å². The first-order valence-electron chi connectivity index (χ1n) is 10.2. The maximum atomic E-state index is 13.3. The number of allylic oxidation sites excluding steroid dienone is 2. The van der Waals surface area contributed by atoms with Crippen molar-refractivity contribution in [1.29, 1.82) is 0 Å². The molecular formula is C21H26N2O4S. The summed E-state index contributed by atoms with van der Waals surface area (Å²) in [6.07, 6.45) is 7.40. The molecule has 7 heteroatoms. The molecule has 1 saturated carbocycles. The number of likely N-dealkylation sites (tertiary alicyclic amines) is 1. The molecule has 0 spiro atoms. The second-order valence-electron chi connectivity index (χ2n) is 7.89. The number of benzene rings is 1. The van der Waals surface area contributed by atoms with Crippen LogP contribution in [0.3, 0.4) is 0 Å². The van der Waals surface area contributed by atoms with Crippen LogP contribution in [0, 0.1) is 0 Å². The van der Waals surface area contributed by atoms with Gasteiger partial charge in [0.1, 0.15) is 5.70 Å². The number of rotatable bonds is 4. The van der Waals surface area contributed by atoms with Crippen LogP contribution in [0.4, 0.5) is 0 Å². The number of hydrogen-bond donors (Lipinski definition) is 1. The topological polar surface area (TPSA) is 83.6 Å². The average molecular weight is 403 g/mol. The van der Waals surface area contributed by atoms with Crippen molar-refractivity contribution in [2.24, 2.45) is 0 Å². The van der Waals surface area contributed by atoms with Crippen molar-refractivity contribution in [2.45, 2.75) is 57.4 Å². The van der Waals surface area contributed by atoms with Crippen molar-refractivity contribution in [3.05, 3.63) is 46.0 Å². The molecule has 0 aromatic heterocycles. The molecule has 0 unspecified atom stereocenters. The third kappa shape index (κ3) is 3.53. The molecule has 0 radical (unpaired) electrons. The van der Waals surface area contributed by atoms with E-state index in [1.165, 1.54) is 0 Å². The largest absolute Gasteiger partial charge is 0.367 e. The zero-order valence-electron chi connectivity index (χ0n) is 15.9. The van der Waals surface area contributed by atoms with E-state index in [9.17, 15) is 18.0 Å². The molecule has 150 valence electrons. The highest BCUT2D eigenvalue weighted by atomic mass is 32.2. The number of piperidine rings is 1. The first-order valence-corrected chi connectivity index (χ1v) is 11.7. The van der Waals surface area contributed by atoms with Crippen LogP contribution in [0.5, 0.6) is 0 Å². The van der Waals surface area contributed by atoms with Gasteiger partial charge in [0.05, 0.1) is 0 Å². The Bertz CT molecular complexity index is 923. The number of nitrogens with zero attached hydrogens (tertiary/aromatic N) is 1. The van der Waals surface area contributed by atoms with Gasteiger partial charge >= 0.3 is 0 Å². The molecule has 0 bridgehead atoms. The molecular weight excluding hydrogens is 376 g/mol. The highest BCUT2D eigenvalue weighted by Gasteiger charge is 2.42. The molecule has 3 aliphatic rings. The molecule has 1 aromatic rings. The fraction of sp³-hybridized carbons (Fsp3) is 0.524. The summed E-state index contributed by atoms with van der Waals surface area (Å²) < 4.78 is 29.3. The second kappa shape index (κ2) is 7.79. The standard InChI is InChI=1S/C21H26N2O4S/c24-19-16-11-5-6-12-17(16)20(25)21(18(19)23-13-7-2-8-14-23)28(26,27)22-15-9-3-1-4-10-15/h5-6,11-12,15,22H,1-4,7-10,13-14H2. The summed E-state index contributed by atoms with van der Waals surface area (Å²) in [4.78, 5) is 28.0. The summed E-state index contributed by atoms with van der Waals surface area (Å²) in [5, 5.41) is 0. The number of sulfonamides is 1. The van der Waals surface area contributed by atoms with Crippen LogP contribution < -0.4 is 4.72 Å². The van der Waals surface area contributed by atoms with Gasteiger partial charge < -0.3 is 4.90 Å². The molecule has 2 fully saturated rings. The third-order valence-electron chi connectivity index (χ3n) is 5.92. The Kier molecular flexibility index (Phi) is 5.38. The van der Waals surface area contributed by atoms with Crippen LogP contribution in [-0.2, 0) is 10.0 Å². The number of ketones is 2. The summed E-state index contributed by atoms with van der Waals surface area (Å²) in [6, 6.07) is 6.34. The Morgan fingerprint density at radius 2 is 1.39 bits per heavy atom. The highest BCUT2D eigenvalue weighted by Crippen LogP contribution is 2.33. The summed E-state index contributed by atoms with van der Waals surface area (Å²) >= 11 is 0. The molecule has 1 aliphatic heterocycles. The monoisotopic (exact) mass is 402 g/mol. The summed E-state index contributed by atoms with van der Waals surface area (Å²) in [6.45, 7) is 1.19. The summed E-state index contributed by atoms with van der Waals surface area (Å²) in [7, 11) is -4.09. The molecule has 4 rings (SSSR count). The second-order valence-corrected chi connectivity index (χ2v) is 9.54. The van der Waals surface area contributed by atoms with Crippen molar-refractivity contribution in [3.63, 3.8) is 0 Å². The number of carbonyl (C=O) groups is 2. The maximum Gasteiger partial charge on any atom is 0.246 e. The van der Waals surface area contributed by atoms with Crippen LogP contribution in [-0.4, -0.2) is 44.0 Å². The molecule has 28 heavy (non-hydrogen) atoms. The lowest BCUT2D eigenvalue weighted by Gasteiger charge is -2.34. The van der Waals surface area contributed by atoms with Crippen molar-refractivity contribution in [2.75, 3.05) is 13.1 Å². The van der Waals surface area contributed by atoms with E-state index in [1.54, 1.807) is 29.2 Å². The van der Waals surface area contributed by atoms with Crippen molar-refractivity contribution >= 4 is 21.6 Å². The Morgan fingerprint density at radius 3 is 2.04 bits per heavy atom. The van der Waals surface area contributed by atoms with E-state index in [-0.39, 0.29) is 28.0 Å². The first kappa shape index (κ1) is 19.3. The molecule has 1 N–H and O–H groups in total. The lowest BCUT2D eigenvalue weighted by molar-refractivity contribution is 0.0939. The van der Waals surface area contributed by atoms with Gasteiger partial charge in [-0.3, -0.25) is 9.59 Å². The van der Waals surface area contributed by atoms with Gasteiger partial charge in [0.15, 0.2) is 4.91 Å². The van der Waals surface area contributed by atoms with Crippen LogP contribution >= 0.6 is 0 Å². The fourth-order valence-corrected chi connectivity index (χ4v) is 6.12. The lowest BCUT2D eigenvalue weighted by atomic mass is 9.91. The predicted molar refractivity (Wildman–Crippen MR) is 106 cm³/mol. The minimum absolute atomic E-state index is 0.0618. The van der Waals surface area contributed by atoms with Gasteiger partial charge in [0.2, 0.25) is 21.6 Å². The van der Waals surface area contributed by atoms with E-state index < -0.39 is 15.8 Å². The van der Waals surface area contributed by atoms with E-state index in [2.05, 4.69) is 4.72 Å².